The SMILES string of the molecule is CC(C)NC(=O)c1nn(C)c2c1COC1(CCN(C(=O)CCCc3ccccc3)CC1)C2. The standard InChI is InChI=1S/C25H34N4O3/c1-18(2)26-24(31)23-20-17-32-25(16-21(20)28(3)27-23)12-14-29(15-13-25)22(30)11-7-10-19-8-5-4-6-9-19/h4-6,8-9,18H,7,10-17H2,1-3H3,(H,26,31). The number of carbonyl (C=O) groups is 2. The van der Waals surface area contributed by atoms with Crippen LogP contribution in [0.4, 0.5) is 0 Å². The summed E-state index contributed by atoms with van der Waals surface area (Å²) in [5, 5.41) is 7.41. The van der Waals surface area contributed by atoms with E-state index in [9.17, 15) is 9.59 Å². The Hall–Kier alpha value is -2.67. The fourth-order valence-electron chi connectivity index (χ4n) is 4.80. The zero-order chi connectivity index (χ0) is 22.7. The molecule has 1 N–H and O–H groups in total. The third-order valence-electron chi connectivity index (χ3n) is 6.65. The molecule has 1 saturated heterocycles. The normalized spacial score (nSPS) is 17.4. The van der Waals surface area contributed by atoms with Crippen molar-refractivity contribution in [3.05, 3.63) is 52.8 Å². The van der Waals surface area contributed by atoms with Crippen molar-refractivity contribution in [3.8, 4) is 0 Å². The molecule has 0 atom stereocenters. The van der Waals surface area contributed by atoms with Crippen LogP contribution in [0.5, 0.6) is 0 Å². The number of rotatable bonds is 6. The van der Waals surface area contributed by atoms with Gasteiger partial charge >= 0.3 is 0 Å². The summed E-state index contributed by atoms with van der Waals surface area (Å²) >= 11 is 0. The molecule has 2 aliphatic rings. The minimum absolute atomic E-state index is 0.0607. The molecule has 0 saturated carbocycles. The maximum Gasteiger partial charge on any atom is 0.272 e. The zero-order valence-corrected chi connectivity index (χ0v) is 19.4. The zero-order valence-electron chi connectivity index (χ0n) is 19.4. The van der Waals surface area contributed by atoms with E-state index in [2.05, 4.69) is 22.5 Å². The summed E-state index contributed by atoms with van der Waals surface area (Å²) in [6, 6.07) is 10.4. The van der Waals surface area contributed by atoms with E-state index >= 15 is 0 Å². The first-order chi connectivity index (χ1) is 15.4. The second-order valence-corrected chi connectivity index (χ2v) is 9.39. The Bertz CT molecular complexity index is 959. The van der Waals surface area contributed by atoms with Crippen molar-refractivity contribution in [2.75, 3.05) is 13.1 Å². The lowest BCUT2D eigenvalue weighted by molar-refractivity contribution is -0.141. The van der Waals surface area contributed by atoms with Crippen LogP contribution < -0.4 is 5.32 Å². The van der Waals surface area contributed by atoms with Gasteiger partial charge in [0.15, 0.2) is 5.69 Å². The van der Waals surface area contributed by atoms with Gasteiger partial charge in [0.05, 0.1) is 12.2 Å². The molecule has 2 amide bonds. The molecule has 172 valence electrons. The van der Waals surface area contributed by atoms with Crippen LogP contribution in [0.25, 0.3) is 0 Å². The van der Waals surface area contributed by atoms with Gasteiger partial charge in [-0.25, -0.2) is 0 Å². The average molecular weight is 439 g/mol. The van der Waals surface area contributed by atoms with E-state index < -0.39 is 0 Å². The van der Waals surface area contributed by atoms with E-state index in [1.54, 1.807) is 0 Å². The van der Waals surface area contributed by atoms with E-state index in [1.165, 1.54) is 5.56 Å². The molecule has 0 radical (unpaired) electrons. The van der Waals surface area contributed by atoms with Crippen molar-refractivity contribution in [3.63, 3.8) is 0 Å². The summed E-state index contributed by atoms with van der Waals surface area (Å²) in [6.45, 7) is 5.72. The number of ether oxygens (including phenoxy) is 1. The molecule has 2 aliphatic heterocycles. The molecule has 7 nitrogen and oxygen atoms in total. The molecular formula is C25H34N4O3. The highest BCUT2D eigenvalue weighted by Gasteiger charge is 2.42. The molecule has 1 fully saturated rings. The lowest BCUT2D eigenvalue weighted by Gasteiger charge is -2.44. The first-order valence-electron chi connectivity index (χ1n) is 11.7. The number of hydrogen-bond donors (Lipinski definition) is 1. The number of hydrogen-bond acceptors (Lipinski definition) is 4. The highest BCUT2D eigenvalue weighted by Crippen LogP contribution is 2.37. The molecule has 1 aromatic heterocycles. The smallest absolute Gasteiger partial charge is 0.272 e. The van der Waals surface area contributed by atoms with Crippen LogP contribution in [-0.2, 0) is 36.0 Å². The van der Waals surface area contributed by atoms with Crippen LogP contribution in [0.3, 0.4) is 0 Å². The third-order valence-corrected chi connectivity index (χ3v) is 6.65. The van der Waals surface area contributed by atoms with Crippen molar-refractivity contribution in [1.82, 2.24) is 20.0 Å². The first kappa shape index (κ1) is 22.5. The fourth-order valence-corrected chi connectivity index (χ4v) is 4.80. The molecule has 32 heavy (non-hydrogen) atoms. The van der Waals surface area contributed by atoms with Crippen LogP contribution in [0.1, 0.15) is 66.8 Å². The minimum Gasteiger partial charge on any atom is -0.370 e. The summed E-state index contributed by atoms with van der Waals surface area (Å²) < 4.78 is 8.17. The van der Waals surface area contributed by atoms with Crippen molar-refractivity contribution in [2.24, 2.45) is 7.05 Å². The fraction of sp³-hybridized carbons (Fsp3) is 0.560. The molecule has 1 aromatic carbocycles. The topological polar surface area (TPSA) is 76.5 Å². The van der Waals surface area contributed by atoms with Crippen molar-refractivity contribution in [2.45, 2.75) is 70.6 Å². The Morgan fingerprint density at radius 1 is 1.19 bits per heavy atom. The number of aryl methyl sites for hydroxylation is 2. The second kappa shape index (κ2) is 9.45. The summed E-state index contributed by atoms with van der Waals surface area (Å²) in [5.41, 5.74) is 3.45. The Labute approximate surface area is 190 Å². The van der Waals surface area contributed by atoms with E-state index in [1.807, 2.05) is 48.7 Å². The average Bonchev–Trinajstić information content (AvgIpc) is 3.10. The van der Waals surface area contributed by atoms with Crippen LogP contribution in [0, 0.1) is 0 Å². The Morgan fingerprint density at radius 2 is 1.91 bits per heavy atom. The van der Waals surface area contributed by atoms with Gasteiger partial charge in [0.25, 0.3) is 5.91 Å². The number of fused-ring (bicyclic) bond motifs is 1. The van der Waals surface area contributed by atoms with E-state index in [0.29, 0.717) is 18.7 Å². The maximum atomic E-state index is 12.7. The highest BCUT2D eigenvalue weighted by molar-refractivity contribution is 5.94. The summed E-state index contributed by atoms with van der Waals surface area (Å²) in [6.07, 6.45) is 4.76. The van der Waals surface area contributed by atoms with Gasteiger partial charge in [-0.3, -0.25) is 14.3 Å². The molecule has 4 rings (SSSR count). The van der Waals surface area contributed by atoms with E-state index in [4.69, 9.17) is 4.74 Å². The Balaban J connectivity index is 1.32. The molecule has 2 aromatic rings. The molecule has 0 bridgehead atoms. The number of nitrogens with one attached hydrogen (secondary N) is 1. The van der Waals surface area contributed by atoms with Crippen molar-refractivity contribution in [1.29, 1.82) is 0 Å². The second-order valence-electron chi connectivity index (χ2n) is 9.39. The van der Waals surface area contributed by atoms with E-state index in [0.717, 1.165) is 56.5 Å². The van der Waals surface area contributed by atoms with Gasteiger partial charge in [0, 0.05) is 50.3 Å². The predicted molar refractivity (Wildman–Crippen MR) is 122 cm³/mol. The summed E-state index contributed by atoms with van der Waals surface area (Å²) in [5.74, 6) is 0.0905. The summed E-state index contributed by atoms with van der Waals surface area (Å²) in [4.78, 5) is 27.2. The Kier molecular flexibility index (Phi) is 6.65. The van der Waals surface area contributed by atoms with E-state index in [-0.39, 0.29) is 23.5 Å². The third kappa shape index (κ3) is 4.88. The molecule has 3 heterocycles. The molecule has 0 aliphatic carbocycles. The van der Waals surface area contributed by atoms with Gasteiger partial charge in [0.1, 0.15) is 0 Å². The van der Waals surface area contributed by atoms with Crippen LogP contribution in [-0.4, -0.2) is 51.2 Å². The van der Waals surface area contributed by atoms with Crippen molar-refractivity contribution < 1.29 is 14.3 Å². The van der Waals surface area contributed by atoms with Gasteiger partial charge in [0.2, 0.25) is 5.91 Å². The number of aromatic nitrogens is 2. The van der Waals surface area contributed by atoms with Gasteiger partial charge in [-0.2, -0.15) is 5.10 Å². The number of piperidine rings is 1. The molecule has 1 spiro atoms. The van der Waals surface area contributed by atoms with Gasteiger partial charge in [-0.05, 0) is 45.1 Å². The quantitative estimate of drug-likeness (QED) is 0.752. The largest absolute Gasteiger partial charge is 0.370 e. The Morgan fingerprint density at radius 3 is 2.59 bits per heavy atom. The molecule has 0 unspecified atom stereocenters. The van der Waals surface area contributed by atoms with Crippen LogP contribution >= 0.6 is 0 Å². The maximum absolute atomic E-state index is 12.7. The molecule has 7 heteroatoms. The summed E-state index contributed by atoms with van der Waals surface area (Å²) in [7, 11) is 1.90. The minimum atomic E-state index is -0.270. The van der Waals surface area contributed by atoms with Crippen molar-refractivity contribution >= 4 is 11.8 Å². The number of benzene rings is 1. The molecular weight excluding hydrogens is 404 g/mol. The lowest BCUT2D eigenvalue weighted by Crippen LogP contribution is -2.50. The van der Waals surface area contributed by atoms with Gasteiger partial charge < -0.3 is 15.0 Å². The van der Waals surface area contributed by atoms with Crippen LogP contribution in [0.15, 0.2) is 30.3 Å². The van der Waals surface area contributed by atoms with Gasteiger partial charge in [-0.15, -0.1) is 0 Å². The number of nitrogens with zero attached hydrogens (tertiary/aromatic N) is 3. The number of carbonyl (C=O) groups excluding carboxylic acids is 2. The van der Waals surface area contributed by atoms with Crippen LogP contribution in [0.2, 0.25) is 0 Å². The first-order valence-corrected chi connectivity index (χ1v) is 11.7. The number of amides is 2. The number of likely N-dealkylation sites (tertiary alicyclic amines) is 1. The predicted octanol–water partition coefficient (Wildman–Crippen LogP) is 3.02. The van der Waals surface area contributed by atoms with Gasteiger partial charge in [-0.1, -0.05) is 30.3 Å². The highest BCUT2D eigenvalue weighted by atomic mass is 16.5. The monoisotopic (exact) mass is 438 g/mol. The lowest BCUT2D eigenvalue weighted by atomic mass is 9.83.